The fourth-order valence-electron chi connectivity index (χ4n) is 6.78. The van der Waals surface area contributed by atoms with E-state index in [0.29, 0.717) is 29.9 Å². The van der Waals surface area contributed by atoms with Gasteiger partial charge in [0.2, 0.25) is 0 Å². The molecule has 0 unspecified atom stereocenters. The number of methoxy groups -OCH3 is 2. The molecular formula is C37H43N5O5. The maximum atomic E-state index is 13.8. The van der Waals surface area contributed by atoms with Crippen LogP contribution in [0.1, 0.15) is 108 Å². The zero-order valence-electron chi connectivity index (χ0n) is 28.4. The summed E-state index contributed by atoms with van der Waals surface area (Å²) < 4.78 is 10.3. The van der Waals surface area contributed by atoms with Crippen LogP contribution in [0.15, 0.2) is 24.8 Å². The second-order valence-corrected chi connectivity index (χ2v) is 12.0. The molecule has 1 amide bonds. The number of fused-ring (bicyclic) bond motifs is 8. The van der Waals surface area contributed by atoms with Gasteiger partial charge in [-0.25, -0.2) is 9.78 Å². The van der Waals surface area contributed by atoms with Crippen LogP contribution >= 0.6 is 0 Å². The van der Waals surface area contributed by atoms with Gasteiger partial charge < -0.3 is 24.8 Å². The van der Waals surface area contributed by atoms with E-state index < -0.39 is 5.97 Å². The number of ether oxygens (including phenoxy) is 2. The topological polar surface area (TPSA) is 139 Å². The van der Waals surface area contributed by atoms with Crippen molar-refractivity contribution in [2.24, 2.45) is 0 Å². The van der Waals surface area contributed by atoms with Crippen LogP contribution in [-0.4, -0.2) is 58.5 Å². The molecule has 0 aromatic carbocycles. The first kappa shape index (κ1) is 33.4. The minimum absolute atomic E-state index is 0.108. The number of carbonyl (C=O) groups is 3. The van der Waals surface area contributed by atoms with Crippen LogP contribution in [-0.2, 0) is 25.5 Å². The Bertz CT molecular complexity index is 2000. The summed E-state index contributed by atoms with van der Waals surface area (Å²) in [5.41, 5.74) is 10.7. The Morgan fingerprint density at radius 2 is 1.66 bits per heavy atom. The molecule has 10 nitrogen and oxygen atoms in total. The van der Waals surface area contributed by atoms with Crippen molar-refractivity contribution in [1.29, 1.82) is 0 Å². The molecular weight excluding hydrogens is 594 g/mol. The molecule has 47 heavy (non-hydrogen) atoms. The normalized spacial score (nSPS) is 15.8. The van der Waals surface area contributed by atoms with Gasteiger partial charge >= 0.3 is 11.9 Å². The zero-order chi connectivity index (χ0) is 34.2. The number of rotatable bonds is 8. The summed E-state index contributed by atoms with van der Waals surface area (Å²) >= 11 is 0. The van der Waals surface area contributed by atoms with Gasteiger partial charge in [0.15, 0.2) is 0 Å². The highest BCUT2D eigenvalue weighted by molar-refractivity contribution is 6.28. The number of aromatic amines is 2. The first-order valence-corrected chi connectivity index (χ1v) is 16.0. The lowest BCUT2D eigenvalue weighted by molar-refractivity contribution is -0.140. The molecule has 0 radical (unpaired) electrons. The lowest BCUT2D eigenvalue weighted by Gasteiger charge is -2.18. The minimum Gasteiger partial charge on any atom is -0.469 e. The fourth-order valence-corrected chi connectivity index (χ4v) is 6.78. The van der Waals surface area contributed by atoms with Crippen LogP contribution in [0.5, 0.6) is 0 Å². The molecule has 3 aromatic heterocycles. The number of esters is 2. The Labute approximate surface area is 274 Å². The van der Waals surface area contributed by atoms with Gasteiger partial charge in [-0.05, 0) is 81.0 Å². The van der Waals surface area contributed by atoms with Crippen molar-refractivity contribution in [3.8, 4) is 0 Å². The van der Waals surface area contributed by atoms with E-state index in [0.717, 1.165) is 56.4 Å². The third-order valence-corrected chi connectivity index (χ3v) is 9.47. The van der Waals surface area contributed by atoms with Gasteiger partial charge in [-0.3, -0.25) is 14.6 Å². The van der Waals surface area contributed by atoms with Crippen LogP contribution in [0.2, 0.25) is 0 Å². The van der Waals surface area contributed by atoms with Crippen molar-refractivity contribution in [1.82, 2.24) is 25.3 Å². The molecule has 0 spiro atoms. The van der Waals surface area contributed by atoms with E-state index in [1.807, 2.05) is 45.9 Å². The summed E-state index contributed by atoms with van der Waals surface area (Å²) in [6.45, 7) is 16.4. The molecule has 246 valence electrons. The van der Waals surface area contributed by atoms with Crippen molar-refractivity contribution in [3.63, 3.8) is 0 Å². The molecule has 2 aliphatic rings. The molecule has 5 rings (SSSR count). The largest absolute Gasteiger partial charge is 0.469 e. The molecule has 10 heteroatoms. The minimum atomic E-state index is -0.662. The summed E-state index contributed by atoms with van der Waals surface area (Å²) in [6, 6.07) is 6.02. The average molecular weight is 638 g/mol. The number of likely N-dealkylation sites (N-methyl/N-ethyl adjacent to an activating group) is 1. The van der Waals surface area contributed by atoms with Gasteiger partial charge in [0.05, 0.1) is 36.9 Å². The van der Waals surface area contributed by atoms with Gasteiger partial charge in [0.1, 0.15) is 5.56 Å². The number of aromatic nitrogens is 4. The Morgan fingerprint density at radius 3 is 2.30 bits per heavy atom. The molecule has 5 heterocycles. The first-order valence-electron chi connectivity index (χ1n) is 16.0. The van der Waals surface area contributed by atoms with Crippen LogP contribution in [0.25, 0.3) is 39.3 Å². The van der Waals surface area contributed by atoms with Crippen molar-refractivity contribution in [2.45, 2.75) is 72.6 Å². The average Bonchev–Trinajstić information content (AvgIpc) is 3.73. The second kappa shape index (κ2) is 13.4. The van der Waals surface area contributed by atoms with Crippen LogP contribution < -0.4 is 5.32 Å². The summed E-state index contributed by atoms with van der Waals surface area (Å²) in [4.78, 5) is 57.0. The third-order valence-electron chi connectivity index (χ3n) is 9.47. The highest BCUT2D eigenvalue weighted by atomic mass is 16.5. The maximum absolute atomic E-state index is 13.8. The Morgan fingerprint density at radius 1 is 0.957 bits per heavy atom. The van der Waals surface area contributed by atoms with Crippen molar-refractivity contribution < 1.29 is 23.9 Å². The second-order valence-electron chi connectivity index (χ2n) is 12.0. The Hall–Kier alpha value is -4.99. The molecule has 2 aliphatic heterocycles. The molecule has 0 saturated heterocycles. The van der Waals surface area contributed by atoms with Crippen LogP contribution in [0.3, 0.4) is 0 Å². The molecule has 0 fully saturated rings. The predicted molar refractivity (Wildman–Crippen MR) is 185 cm³/mol. The number of nitrogens with zero attached hydrogens (tertiary/aromatic N) is 2. The number of aryl methyl sites for hydroxylation is 3. The fraction of sp³-hybridized carbons (Fsp3) is 0.378. The standard InChI is InChI=1S/C37H43N5O5/c1-10-22-18(4)25-15-27-20(6)24(13-14-31(43)46-8)34(41-27)33(37(45)47-9)35-32(36(44)38-12-3)21(7)28(42-35)17-30-23(11-2)19(5)26(40-30)16-29(22)39-25/h10,15-17,20,24,39-40H,1,11-14H2,2-9H3,(H,38,44)/t20-,24-/m0/s1. The highest BCUT2D eigenvalue weighted by Crippen LogP contribution is 2.43. The van der Waals surface area contributed by atoms with Gasteiger partial charge in [-0.1, -0.05) is 26.5 Å². The number of hydrogen-bond donors (Lipinski definition) is 3. The van der Waals surface area contributed by atoms with Gasteiger partial charge in [-0.15, -0.1) is 0 Å². The molecule has 8 bridgehead atoms. The predicted octanol–water partition coefficient (Wildman–Crippen LogP) is 6.83. The number of nitrogens with one attached hydrogen (secondary N) is 3. The van der Waals surface area contributed by atoms with E-state index in [9.17, 15) is 14.4 Å². The first-order chi connectivity index (χ1) is 22.5. The van der Waals surface area contributed by atoms with Gasteiger partial charge in [0.25, 0.3) is 5.91 Å². The summed E-state index contributed by atoms with van der Waals surface area (Å²) in [5.74, 6) is -1.93. The Kier molecular flexibility index (Phi) is 9.51. The van der Waals surface area contributed by atoms with Crippen LogP contribution in [0, 0.1) is 13.8 Å². The maximum Gasteiger partial charge on any atom is 0.341 e. The number of H-pyrrole nitrogens is 2. The number of amides is 1. The van der Waals surface area contributed by atoms with Crippen molar-refractivity contribution in [3.05, 3.63) is 75.4 Å². The van der Waals surface area contributed by atoms with E-state index in [2.05, 4.69) is 41.8 Å². The summed E-state index contributed by atoms with van der Waals surface area (Å²) in [5, 5.41) is 2.89. The molecule has 3 N–H and O–H groups in total. The number of carbonyl (C=O) groups excluding carboxylic acids is 3. The third kappa shape index (κ3) is 5.88. The zero-order valence-corrected chi connectivity index (χ0v) is 28.4. The lowest BCUT2D eigenvalue weighted by Crippen LogP contribution is -2.25. The highest BCUT2D eigenvalue weighted by Gasteiger charge is 2.37. The molecule has 0 aliphatic carbocycles. The smallest absolute Gasteiger partial charge is 0.341 e. The summed E-state index contributed by atoms with van der Waals surface area (Å²) in [7, 11) is 2.65. The van der Waals surface area contributed by atoms with Gasteiger partial charge in [-0.2, -0.15) is 0 Å². The van der Waals surface area contributed by atoms with Crippen molar-refractivity contribution in [2.75, 3.05) is 20.8 Å². The number of allylic oxidation sites excluding steroid dienone is 1. The van der Waals surface area contributed by atoms with Crippen molar-refractivity contribution >= 4 is 57.1 Å². The van der Waals surface area contributed by atoms with Crippen LogP contribution in [0.4, 0.5) is 0 Å². The van der Waals surface area contributed by atoms with E-state index in [1.54, 1.807) is 0 Å². The lowest BCUT2D eigenvalue weighted by atomic mass is 9.85. The van der Waals surface area contributed by atoms with E-state index in [4.69, 9.17) is 19.4 Å². The summed E-state index contributed by atoms with van der Waals surface area (Å²) in [6.07, 6.45) is 3.10. The quantitative estimate of drug-likeness (QED) is 0.230. The number of hydrogen-bond acceptors (Lipinski definition) is 7. The van der Waals surface area contributed by atoms with E-state index in [1.165, 1.54) is 14.2 Å². The van der Waals surface area contributed by atoms with Gasteiger partial charge in [0, 0.05) is 58.1 Å². The molecule has 2 atom stereocenters. The van der Waals surface area contributed by atoms with E-state index in [-0.39, 0.29) is 47.0 Å². The van der Waals surface area contributed by atoms with E-state index >= 15 is 0 Å². The molecule has 0 saturated carbocycles. The Balaban J connectivity index is 2.03. The SMILES string of the molecule is C=Cc1c(C)c2cc3nc(c(C(=O)OC)c4nc(cc5[nH]c(cc1[nH]2)c(C)c5CC)C(C)=C4C(=O)NCC)[C@@H](CCC(=O)OC)[C@@H]3C. The molecule has 3 aromatic rings. The monoisotopic (exact) mass is 637 g/mol.